The van der Waals surface area contributed by atoms with E-state index >= 15 is 0 Å². The Balaban J connectivity index is 2.13. The van der Waals surface area contributed by atoms with E-state index in [2.05, 4.69) is 4.90 Å². The first-order valence-electron chi connectivity index (χ1n) is 6.45. The van der Waals surface area contributed by atoms with Crippen LogP contribution in [0.25, 0.3) is 0 Å². The van der Waals surface area contributed by atoms with E-state index in [4.69, 9.17) is 22.7 Å². The van der Waals surface area contributed by atoms with Crippen molar-refractivity contribution in [1.82, 2.24) is 0 Å². The molecule has 1 unspecified atom stereocenters. The molecule has 1 aromatic rings. The third-order valence-corrected chi connectivity index (χ3v) is 3.72. The van der Waals surface area contributed by atoms with Gasteiger partial charge in [-0.25, -0.2) is 4.39 Å². The largest absolute Gasteiger partial charge is 0.389 e. The topological polar surface area (TPSA) is 38.5 Å². The van der Waals surface area contributed by atoms with Crippen molar-refractivity contribution in [2.24, 2.45) is 11.7 Å². The summed E-state index contributed by atoms with van der Waals surface area (Å²) in [6.45, 7) is 2.61. The first-order valence-corrected chi connectivity index (χ1v) is 6.86. The van der Waals surface area contributed by atoms with Gasteiger partial charge in [-0.2, -0.15) is 0 Å². The number of hydrogen-bond donors (Lipinski definition) is 1. The molecule has 0 bridgehead atoms. The van der Waals surface area contributed by atoms with Gasteiger partial charge in [0.1, 0.15) is 10.8 Å². The molecular formula is C14H19FN2OS. The molecule has 0 aromatic heterocycles. The van der Waals surface area contributed by atoms with Gasteiger partial charge in [0.2, 0.25) is 0 Å². The van der Waals surface area contributed by atoms with Gasteiger partial charge in [0.05, 0.1) is 6.61 Å². The van der Waals surface area contributed by atoms with Crippen molar-refractivity contribution in [1.29, 1.82) is 0 Å². The summed E-state index contributed by atoms with van der Waals surface area (Å²) in [7, 11) is 1.72. The fourth-order valence-corrected chi connectivity index (χ4v) is 2.74. The predicted molar refractivity (Wildman–Crippen MR) is 79.1 cm³/mol. The minimum Gasteiger partial charge on any atom is -0.389 e. The second kappa shape index (κ2) is 6.30. The second-order valence-corrected chi connectivity index (χ2v) is 5.38. The number of anilines is 1. The van der Waals surface area contributed by atoms with Gasteiger partial charge < -0.3 is 15.4 Å². The molecule has 0 spiro atoms. The summed E-state index contributed by atoms with van der Waals surface area (Å²) in [5, 5.41) is 0. The minimum absolute atomic E-state index is 0.0972. The highest BCUT2D eigenvalue weighted by Gasteiger charge is 2.20. The van der Waals surface area contributed by atoms with Crippen molar-refractivity contribution in [3.05, 3.63) is 29.6 Å². The van der Waals surface area contributed by atoms with Gasteiger partial charge in [0, 0.05) is 31.5 Å². The fraction of sp³-hybridized carbons (Fsp3) is 0.500. The van der Waals surface area contributed by atoms with Crippen LogP contribution in [-0.2, 0) is 4.74 Å². The maximum Gasteiger partial charge on any atom is 0.135 e. The zero-order valence-electron chi connectivity index (χ0n) is 11.1. The summed E-state index contributed by atoms with van der Waals surface area (Å²) in [5.41, 5.74) is 6.66. The molecule has 0 saturated carbocycles. The number of rotatable bonds is 4. The molecule has 1 saturated heterocycles. The standard InChI is InChI=1S/C14H19FN2OS/c1-18-9-10-3-2-6-17(8-10)11-4-5-12(14(16)19)13(15)7-11/h4-5,7,10H,2-3,6,8-9H2,1H3,(H2,16,19). The first kappa shape index (κ1) is 14.2. The molecule has 0 aliphatic carbocycles. The molecule has 1 fully saturated rings. The quantitative estimate of drug-likeness (QED) is 0.860. The number of halogens is 1. The van der Waals surface area contributed by atoms with Crippen molar-refractivity contribution in [2.75, 3.05) is 31.7 Å². The van der Waals surface area contributed by atoms with Crippen LogP contribution >= 0.6 is 12.2 Å². The Labute approximate surface area is 118 Å². The molecular weight excluding hydrogens is 263 g/mol. The zero-order chi connectivity index (χ0) is 13.8. The third kappa shape index (κ3) is 3.42. The maximum absolute atomic E-state index is 13.9. The van der Waals surface area contributed by atoms with Gasteiger partial charge in [0.15, 0.2) is 0 Å². The fourth-order valence-electron chi connectivity index (χ4n) is 2.57. The predicted octanol–water partition coefficient (Wildman–Crippen LogP) is 2.32. The summed E-state index contributed by atoms with van der Waals surface area (Å²) in [5.74, 6) is 0.163. The molecule has 1 aliphatic rings. The van der Waals surface area contributed by atoms with Crippen molar-refractivity contribution in [2.45, 2.75) is 12.8 Å². The third-order valence-electron chi connectivity index (χ3n) is 3.50. The average Bonchev–Trinajstić information content (AvgIpc) is 2.39. The van der Waals surface area contributed by atoms with Crippen molar-refractivity contribution >= 4 is 22.9 Å². The molecule has 3 nitrogen and oxygen atoms in total. The maximum atomic E-state index is 13.9. The summed E-state index contributed by atoms with van der Waals surface area (Å²) < 4.78 is 19.1. The van der Waals surface area contributed by atoms with Gasteiger partial charge in [0.25, 0.3) is 0 Å². The molecule has 0 amide bonds. The molecule has 1 heterocycles. The Hall–Kier alpha value is -1.20. The minimum atomic E-state index is -0.348. The Morgan fingerprint density at radius 2 is 2.37 bits per heavy atom. The Kier molecular flexibility index (Phi) is 4.71. The average molecular weight is 282 g/mol. The van der Waals surface area contributed by atoms with Crippen LogP contribution in [0.2, 0.25) is 0 Å². The lowest BCUT2D eigenvalue weighted by molar-refractivity contribution is 0.143. The number of methoxy groups -OCH3 is 1. The highest BCUT2D eigenvalue weighted by molar-refractivity contribution is 7.80. The monoisotopic (exact) mass is 282 g/mol. The van der Waals surface area contributed by atoms with Crippen LogP contribution in [0.15, 0.2) is 18.2 Å². The van der Waals surface area contributed by atoms with Crippen molar-refractivity contribution in [3.8, 4) is 0 Å². The summed E-state index contributed by atoms with van der Waals surface area (Å²) in [4.78, 5) is 2.29. The van der Waals surface area contributed by atoms with Crippen molar-refractivity contribution in [3.63, 3.8) is 0 Å². The van der Waals surface area contributed by atoms with E-state index in [1.807, 2.05) is 6.07 Å². The van der Waals surface area contributed by atoms with Crippen LogP contribution in [0.3, 0.4) is 0 Å². The highest BCUT2D eigenvalue weighted by atomic mass is 32.1. The lowest BCUT2D eigenvalue weighted by Crippen LogP contribution is -2.37. The Morgan fingerprint density at radius 3 is 3.00 bits per heavy atom. The van der Waals surface area contributed by atoms with Crippen LogP contribution in [-0.4, -0.2) is 31.8 Å². The van der Waals surface area contributed by atoms with Crippen molar-refractivity contribution < 1.29 is 9.13 Å². The molecule has 1 aliphatic heterocycles. The van der Waals surface area contributed by atoms with E-state index in [0.717, 1.165) is 38.2 Å². The van der Waals surface area contributed by atoms with Crippen LogP contribution < -0.4 is 10.6 Å². The van der Waals surface area contributed by atoms with E-state index in [0.29, 0.717) is 11.5 Å². The summed E-state index contributed by atoms with van der Waals surface area (Å²) in [6.07, 6.45) is 2.27. The molecule has 2 N–H and O–H groups in total. The number of nitrogens with zero attached hydrogens (tertiary/aromatic N) is 1. The van der Waals surface area contributed by atoms with Gasteiger partial charge >= 0.3 is 0 Å². The highest BCUT2D eigenvalue weighted by Crippen LogP contribution is 2.25. The van der Waals surface area contributed by atoms with Crippen LogP contribution in [0.5, 0.6) is 0 Å². The summed E-state index contributed by atoms with van der Waals surface area (Å²) >= 11 is 4.81. The molecule has 2 rings (SSSR count). The first-order chi connectivity index (χ1) is 9.11. The van der Waals surface area contributed by atoms with Gasteiger partial charge in [-0.15, -0.1) is 0 Å². The lowest BCUT2D eigenvalue weighted by Gasteiger charge is -2.34. The smallest absolute Gasteiger partial charge is 0.135 e. The Bertz CT molecular complexity index is 465. The molecule has 1 aromatic carbocycles. The number of ether oxygens (including phenoxy) is 1. The molecule has 104 valence electrons. The number of hydrogen-bond acceptors (Lipinski definition) is 3. The van der Waals surface area contributed by atoms with Crippen LogP contribution in [0.1, 0.15) is 18.4 Å². The molecule has 19 heavy (non-hydrogen) atoms. The normalized spacial score (nSPS) is 19.5. The van der Waals surface area contributed by atoms with E-state index in [-0.39, 0.29) is 10.8 Å². The number of piperidine rings is 1. The van der Waals surface area contributed by atoms with E-state index in [1.165, 1.54) is 6.07 Å². The molecule has 1 atom stereocenters. The van der Waals surface area contributed by atoms with Crippen LogP contribution in [0.4, 0.5) is 10.1 Å². The number of thiocarbonyl (C=S) groups is 1. The van der Waals surface area contributed by atoms with E-state index in [9.17, 15) is 4.39 Å². The molecule has 0 radical (unpaired) electrons. The zero-order valence-corrected chi connectivity index (χ0v) is 11.9. The number of nitrogens with two attached hydrogens (primary N) is 1. The van der Waals surface area contributed by atoms with Crippen LogP contribution in [0, 0.1) is 11.7 Å². The van der Waals surface area contributed by atoms with Gasteiger partial charge in [-0.1, -0.05) is 12.2 Å². The SMILES string of the molecule is COCC1CCCN(c2ccc(C(N)=S)c(F)c2)C1. The second-order valence-electron chi connectivity index (χ2n) is 4.94. The van der Waals surface area contributed by atoms with E-state index < -0.39 is 0 Å². The lowest BCUT2D eigenvalue weighted by atomic mass is 9.98. The number of benzene rings is 1. The Morgan fingerprint density at radius 1 is 1.58 bits per heavy atom. The van der Waals surface area contributed by atoms with E-state index in [1.54, 1.807) is 13.2 Å². The molecule has 5 heteroatoms. The summed E-state index contributed by atoms with van der Waals surface area (Å²) in [6, 6.07) is 5.06. The van der Waals surface area contributed by atoms with Gasteiger partial charge in [-0.3, -0.25) is 0 Å². The van der Waals surface area contributed by atoms with Gasteiger partial charge in [-0.05, 0) is 37.0 Å².